The van der Waals surface area contributed by atoms with Crippen LogP contribution in [0.15, 0.2) is 45.8 Å². The van der Waals surface area contributed by atoms with Gasteiger partial charge in [-0.2, -0.15) is 13.2 Å². The number of halogens is 4. The van der Waals surface area contributed by atoms with Crippen LogP contribution in [0.5, 0.6) is 0 Å². The van der Waals surface area contributed by atoms with Crippen molar-refractivity contribution in [3.8, 4) is 0 Å². The number of carbonyl (C=O) groups excluding carboxylic acids is 1. The number of thioether (sulfide) groups is 1. The molecule has 0 aromatic heterocycles. The van der Waals surface area contributed by atoms with Gasteiger partial charge in [0.25, 0.3) is 0 Å². The molecule has 28 heavy (non-hydrogen) atoms. The fraction of sp³-hybridized carbons (Fsp3) is 0.350. The monoisotopic (exact) mass is 473 g/mol. The van der Waals surface area contributed by atoms with Crippen molar-refractivity contribution < 1.29 is 22.7 Å². The van der Waals surface area contributed by atoms with Crippen molar-refractivity contribution >= 4 is 33.8 Å². The maximum Gasteiger partial charge on any atom is 0.416 e. The van der Waals surface area contributed by atoms with Crippen molar-refractivity contribution in [2.24, 2.45) is 0 Å². The van der Waals surface area contributed by atoms with Crippen LogP contribution >= 0.6 is 27.7 Å². The molecule has 3 nitrogen and oxygen atoms in total. The Morgan fingerprint density at radius 2 is 1.93 bits per heavy atom. The summed E-state index contributed by atoms with van der Waals surface area (Å²) in [7, 11) is 0. The number of hydrogen-bond acceptors (Lipinski definition) is 3. The number of amides is 1. The highest BCUT2D eigenvalue weighted by Gasteiger charge is 2.41. The van der Waals surface area contributed by atoms with E-state index in [1.165, 1.54) is 0 Å². The first-order chi connectivity index (χ1) is 13.1. The molecule has 8 heteroatoms. The second kappa shape index (κ2) is 7.99. The summed E-state index contributed by atoms with van der Waals surface area (Å²) in [5.74, 6) is 0. The number of cyclic esters (lactones) is 1. The average Bonchev–Trinajstić information content (AvgIpc) is 2.90. The highest BCUT2D eigenvalue weighted by atomic mass is 79.9. The SMILES string of the molecule is CSc1ccc(Br)c(CN2C(=O)O[C@H](c3cc(C)cc(C(F)(F)F)c3)[C@@H]2C)c1. The van der Waals surface area contributed by atoms with Crippen LogP contribution in [0.25, 0.3) is 0 Å². The molecule has 2 aromatic carbocycles. The van der Waals surface area contributed by atoms with E-state index < -0.39 is 30.0 Å². The molecule has 0 spiro atoms. The van der Waals surface area contributed by atoms with Gasteiger partial charge in [-0.3, -0.25) is 4.90 Å². The van der Waals surface area contributed by atoms with Crippen LogP contribution in [0.4, 0.5) is 18.0 Å². The molecule has 0 bridgehead atoms. The summed E-state index contributed by atoms with van der Waals surface area (Å²) in [6.07, 6.45) is -3.77. The number of aryl methyl sites for hydroxylation is 1. The zero-order valence-corrected chi connectivity index (χ0v) is 17.9. The van der Waals surface area contributed by atoms with Crippen molar-refractivity contribution in [2.45, 2.75) is 43.6 Å². The minimum Gasteiger partial charge on any atom is -0.439 e. The topological polar surface area (TPSA) is 29.5 Å². The van der Waals surface area contributed by atoms with E-state index >= 15 is 0 Å². The maximum atomic E-state index is 13.2. The van der Waals surface area contributed by atoms with E-state index in [4.69, 9.17) is 4.74 Å². The molecule has 2 aromatic rings. The fourth-order valence-corrected chi connectivity index (χ4v) is 4.12. The maximum absolute atomic E-state index is 13.2. The number of carbonyl (C=O) groups is 1. The van der Waals surface area contributed by atoms with Gasteiger partial charge < -0.3 is 4.74 Å². The minimum absolute atomic E-state index is 0.309. The molecule has 0 radical (unpaired) electrons. The third-order valence-electron chi connectivity index (χ3n) is 4.74. The van der Waals surface area contributed by atoms with Crippen LogP contribution in [0, 0.1) is 6.92 Å². The summed E-state index contributed by atoms with van der Waals surface area (Å²) in [6.45, 7) is 3.70. The molecule has 1 aliphatic rings. The smallest absolute Gasteiger partial charge is 0.416 e. The van der Waals surface area contributed by atoms with Gasteiger partial charge in [-0.05, 0) is 61.6 Å². The quantitative estimate of drug-likeness (QED) is 0.469. The molecule has 1 saturated heterocycles. The van der Waals surface area contributed by atoms with Crippen LogP contribution in [0.3, 0.4) is 0 Å². The van der Waals surface area contributed by atoms with E-state index in [1.807, 2.05) is 24.5 Å². The molecule has 0 unspecified atom stereocenters. The molecule has 1 amide bonds. The average molecular weight is 474 g/mol. The van der Waals surface area contributed by atoms with Gasteiger partial charge in [0.2, 0.25) is 0 Å². The Labute approximate surface area is 174 Å². The Bertz CT molecular complexity index is 904. The largest absolute Gasteiger partial charge is 0.439 e. The lowest BCUT2D eigenvalue weighted by Gasteiger charge is -2.22. The first-order valence-electron chi connectivity index (χ1n) is 8.58. The zero-order valence-electron chi connectivity index (χ0n) is 15.5. The van der Waals surface area contributed by atoms with Crippen molar-refractivity contribution in [1.29, 1.82) is 0 Å². The Hall–Kier alpha value is -1.67. The highest BCUT2D eigenvalue weighted by molar-refractivity contribution is 9.10. The third kappa shape index (κ3) is 4.33. The lowest BCUT2D eigenvalue weighted by molar-refractivity contribution is -0.137. The predicted molar refractivity (Wildman–Crippen MR) is 106 cm³/mol. The van der Waals surface area contributed by atoms with Gasteiger partial charge in [0.15, 0.2) is 0 Å². The van der Waals surface area contributed by atoms with E-state index in [9.17, 15) is 18.0 Å². The number of hydrogen-bond donors (Lipinski definition) is 0. The van der Waals surface area contributed by atoms with Gasteiger partial charge in [0, 0.05) is 9.37 Å². The number of ether oxygens (including phenoxy) is 1. The van der Waals surface area contributed by atoms with Crippen LogP contribution in [0.1, 0.15) is 35.3 Å². The lowest BCUT2D eigenvalue weighted by Crippen LogP contribution is -2.31. The summed E-state index contributed by atoms with van der Waals surface area (Å²) in [5, 5.41) is 0. The first kappa shape index (κ1) is 21.0. The molecular formula is C20H19BrF3NO2S. The van der Waals surface area contributed by atoms with Crippen LogP contribution in [-0.4, -0.2) is 23.3 Å². The van der Waals surface area contributed by atoms with Crippen molar-refractivity contribution in [1.82, 2.24) is 4.90 Å². The number of rotatable bonds is 4. The molecule has 3 rings (SSSR count). The first-order valence-corrected chi connectivity index (χ1v) is 10.6. The van der Waals surface area contributed by atoms with Crippen molar-refractivity contribution in [3.63, 3.8) is 0 Å². The molecule has 1 heterocycles. The normalized spacial score (nSPS) is 19.8. The summed E-state index contributed by atoms with van der Waals surface area (Å²) in [6, 6.07) is 9.26. The highest BCUT2D eigenvalue weighted by Crippen LogP contribution is 2.38. The number of benzene rings is 2. The minimum atomic E-state index is -4.45. The molecular weight excluding hydrogens is 455 g/mol. The Balaban J connectivity index is 1.88. The Kier molecular flexibility index (Phi) is 6.00. The predicted octanol–water partition coefficient (Wildman–Crippen LogP) is 6.58. The van der Waals surface area contributed by atoms with Gasteiger partial charge in [0.05, 0.1) is 18.2 Å². The molecule has 1 fully saturated rings. The molecule has 0 N–H and O–H groups in total. The van der Waals surface area contributed by atoms with Crippen LogP contribution in [-0.2, 0) is 17.5 Å². The summed E-state index contributed by atoms with van der Waals surface area (Å²) in [4.78, 5) is 15.1. The molecule has 0 saturated carbocycles. The summed E-state index contributed by atoms with van der Waals surface area (Å²) in [5.41, 5.74) is 1.01. The standard InChI is InChI=1S/C20H19BrF3NO2S/c1-11-6-13(8-15(7-11)20(22,23)24)18-12(2)25(19(26)27-18)10-14-9-16(28-3)4-5-17(14)21/h4-9,12,18H,10H2,1-3H3/t12-,18-/m0/s1. The molecule has 2 atom stereocenters. The van der Waals surface area contributed by atoms with E-state index in [0.717, 1.165) is 27.1 Å². The second-order valence-corrected chi connectivity index (χ2v) is 8.49. The van der Waals surface area contributed by atoms with E-state index in [2.05, 4.69) is 15.9 Å². The van der Waals surface area contributed by atoms with Crippen LogP contribution < -0.4 is 0 Å². The summed E-state index contributed by atoms with van der Waals surface area (Å²) >= 11 is 5.09. The zero-order chi connectivity index (χ0) is 20.6. The lowest BCUT2D eigenvalue weighted by atomic mass is 9.98. The van der Waals surface area contributed by atoms with Gasteiger partial charge in [-0.1, -0.05) is 27.6 Å². The Morgan fingerprint density at radius 3 is 2.57 bits per heavy atom. The van der Waals surface area contributed by atoms with Crippen molar-refractivity contribution in [3.05, 3.63) is 63.1 Å². The van der Waals surface area contributed by atoms with E-state index in [1.54, 1.807) is 36.6 Å². The van der Waals surface area contributed by atoms with Crippen molar-refractivity contribution in [2.75, 3.05) is 6.26 Å². The fourth-order valence-electron chi connectivity index (χ4n) is 3.28. The van der Waals surface area contributed by atoms with Gasteiger partial charge in [-0.25, -0.2) is 4.79 Å². The van der Waals surface area contributed by atoms with E-state index in [0.29, 0.717) is 17.7 Å². The van der Waals surface area contributed by atoms with Gasteiger partial charge in [-0.15, -0.1) is 11.8 Å². The van der Waals surface area contributed by atoms with Gasteiger partial charge in [0.1, 0.15) is 6.10 Å². The third-order valence-corrected chi connectivity index (χ3v) is 6.24. The number of nitrogens with zero attached hydrogens (tertiary/aromatic N) is 1. The number of alkyl halides is 3. The molecule has 0 aliphatic carbocycles. The Morgan fingerprint density at radius 1 is 1.21 bits per heavy atom. The molecule has 150 valence electrons. The molecule has 1 aliphatic heterocycles. The van der Waals surface area contributed by atoms with Crippen LogP contribution in [0.2, 0.25) is 0 Å². The summed E-state index contributed by atoms with van der Waals surface area (Å²) < 4.78 is 45.8. The second-order valence-electron chi connectivity index (χ2n) is 6.76. The van der Waals surface area contributed by atoms with E-state index in [-0.39, 0.29) is 0 Å². The van der Waals surface area contributed by atoms with Gasteiger partial charge >= 0.3 is 12.3 Å².